The average Bonchev–Trinajstić information content (AvgIpc) is 2.34. The molecule has 112 valence electrons. The molecule has 0 bridgehead atoms. The number of rotatable bonds is 6. The Kier molecular flexibility index (Phi) is 5.35. The van der Waals surface area contributed by atoms with E-state index in [0.29, 0.717) is 12.2 Å². The van der Waals surface area contributed by atoms with E-state index in [4.69, 9.17) is 15.4 Å². The number of halogens is 1. The summed E-state index contributed by atoms with van der Waals surface area (Å²) in [5.41, 5.74) is 0.0272. The van der Waals surface area contributed by atoms with Gasteiger partial charge in [-0.05, 0) is 18.4 Å². The van der Waals surface area contributed by atoms with Crippen molar-refractivity contribution in [3.8, 4) is 5.75 Å². The van der Waals surface area contributed by atoms with Crippen LogP contribution in [0.3, 0.4) is 0 Å². The van der Waals surface area contributed by atoms with E-state index in [-0.39, 0.29) is 22.3 Å². The molecule has 0 spiro atoms. The Morgan fingerprint density at radius 2 is 2.05 bits per heavy atom. The third kappa shape index (κ3) is 4.08. The van der Waals surface area contributed by atoms with Crippen LogP contribution in [0, 0.1) is 23.0 Å². The number of nitrogens with zero attached hydrogens (tertiary/aromatic N) is 1. The zero-order valence-corrected chi connectivity index (χ0v) is 13.0. The molecule has 8 heteroatoms. The molecule has 0 radical (unpaired) electrons. The molecule has 1 aromatic carbocycles. The molecule has 0 amide bonds. The molecule has 0 aromatic heterocycles. The average molecular weight is 322 g/mol. The van der Waals surface area contributed by atoms with Crippen LogP contribution >= 0.6 is 10.7 Å². The van der Waals surface area contributed by atoms with Crippen LogP contribution in [0.15, 0.2) is 17.0 Å². The first-order chi connectivity index (χ1) is 9.16. The molecule has 0 saturated carbocycles. The summed E-state index contributed by atoms with van der Waals surface area (Å²) in [6.07, 6.45) is 0.870. The lowest BCUT2D eigenvalue weighted by molar-refractivity contribution is -0.385. The fourth-order valence-electron chi connectivity index (χ4n) is 1.54. The first-order valence-corrected chi connectivity index (χ1v) is 8.34. The largest absolute Gasteiger partial charge is 0.492 e. The monoisotopic (exact) mass is 321 g/mol. The summed E-state index contributed by atoms with van der Waals surface area (Å²) in [4.78, 5) is 9.75. The number of nitro groups is 1. The van der Waals surface area contributed by atoms with Crippen LogP contribution < -0.4 is 4.74 Å². The normalized spacial score (nSPS) is 13.0. The van der Waals surface area contributed by atoms with E-state index >= 15 is 0 Å². The van der Waals surface area contributed by atoms with Gasteiger partial charge < -0.3 is 4.74 Å². The summed E-state index contributed by atoms with van der Waals surface area (Å²) >= 11 is 0. The number of hydrogen-bond acceptors (Lipinski definition) is 5. The predicted octanol–water partition coefficient (Wildman–Crippen LogP) is 3.26. The van der Waals surface area contributed by atoms with Crippen LogP contribution in [0.5, 0.6) is 5.75 Å². The van der Waals surface area contributed by atoms with E-state index in [1.807, 2.05) is 13.8 Å². The van der Waals surface area contributed by atoms with Gasteiger partial charge >= 0.3 is 0 Å². The Bertz CT molecular complexity index is 615. The second kappa shape index (κ2) is 6.41. The van der Waals surface area contributed by atoms with Crippen LogP contribution in [0.4, 0.5) is 5.69 Å². The molecule has 0 aliphatic carbocycles. The molecule has 20 heavy (non-hydrogen) atoms. The highest BCUT2D eigenvalue weighted by atomic mass is 35.7. The van der Waals surface area contributed by atoms with Crippen LogP contribution in [0.1, 0.15) is 25.8 Å². The van der Waals surface area contributed by atoms with E-state index in [0.717, 1.165) is 12.5 Å². The Hall–Kier alpha value is -1.34. The zero-order chi connectivity index (χ0) is 15.5. The molecule has 0 fully saturated rings. The zero-order valence-electron chi connectivity index (χ0n) is 11.4. The van der Waals surface area contributed by atoms with Crippen molar-refractivity contribution in [3.05, 3.63) is 27.8 Å². The summed E-state index contributed by atoms with van der Waals surface area (Å²) in [6, 6.07) is 2.18. The van der Waals surface area contributed by atoms with Gasteiger partial charge in [-0.1, -0.05) is 20.3 Å². The van der Waals surface area contributed by atoms with Crippen molar-refractivity contribution < 1.29 is 18.1 Å². The van der Waals surface area contributed by atoms with Crippen molar-refractivity contribution in [2.75, 3.05) is 6.61 Å². The maximum Gasteiger partial charge on any atom is 0.271 e. The van der Waals surface area contributed by atoms with E-state index in [1.54, 1.807) is 6.92 Å². The van der Waals surface area contributed by atoms with Crippen LogP contribution in [-0.4, -0.2) is 19.9 Å². The Morgan fingerprint density at radius 1 is 1.45 bits per heavy atom. The molecule has 1 aromatic rings. The van der Waals surface area contributed by atoms with E-state index in [9.17, 15) is 18.5 Å². The number of nitro benzene ring substituents is 1. The third-order valence-electron chi connectivity index (χ3n) is 2.91. The van der Waals surface area contributed by atoms with Gasteiger partial charge in [-0.15, -0.1) is 0 Å². The van der Waals surface area contributed by atoms with Gasteiger partial charge in [-0.2, -0.15) is 0 Å². The van der Waals surface area contributed by atoms with E-state index < -0.39 is 14.0 Å². The summed E-state index contributed by atoms with van der Waals surface area (Å²) in [5.74, 6) is 0.307. The molecule has 0 saturated heterocycles. The van der Waals surface area contributed by atoms with Crippen molar-refractivity contribution in [1.29, 1.82) is 0 Å². The van der Waals surface area contributed by atoms with Crippen molar-refractivity contribution in [1.82, 2.24) is 0 Å². The standard InChI is InChI=1S/C12H16ClNO5S/c1-4-8(2)7-19-12-9(3)5-10(14(15)16)6-11(12)20(13,17)18/h5-6,8H,4,7H2,1-3H3. The van der Waals surface area contributed by atoms with Gasteiger partial charge in [0, 0.05) is 22.8 Å². The summed E-state index contributed by atoms with van der Waals surface area (Å²) in [5, 5.41) is 10.8. The molecule has 6 nitrogen and oxygen atoms in total. The highest BCUT2D eigenvalue weighted by Crippen LogP contribution is 2.34. The first kappa shape index (κ1) is 16.7. The van der Waals surface area contributed by atoms with Gasteiger partial charge in [-0.25, -0.2) is 8.42 Å². The van der Waals surface area contributed by atoms with Gasteiger partial charge in [0.1, 0.15) is 10.6 Å². The Labute approximate surface area is 122 Å². The number of benzene rings is 1. The quantitative estimate of drug-likeness (QED) is 0.456. The molecule has 1 atom stereocenters. The van der Waals surface area contributed by atoms with Crippen LogP contribution in [0.2, 0.25) is 0 Å². The summed E-state index contributed by atoms with van der Waals surface area (Å²) in [7, 11) is 1.21. The third-order valence-corrected chi connectivity index (χ3v) is 4.24. The molecule has 1 unspecified atom stereocenters. The van der Waals surface area contributed by atoms with Crippen molar-refractivity contribution in [2.45, 2.75) is 32.1 Å². The molecular weight excluding hydrogens is 306 g/mol. The molecule has 0 heterocycles. The SMILES string of the molecule is CCC(C)COc1c(C)cc([N+](=O)[O-])cc1S(=O)(=O)Cl. The minimum absolute atomic E-state index is 0.0749. The highest BCUT2D eigenvalue weighted by Gasteiger charge is 2.24. The van der Waals surface area contributed by atoms with E-state index in [1.165, 1.54) is 6.07 Å². The lowest BCUT2D eigenvalue weighted by Gasteiger charge is -2.15. The van der Waals surface area contributed by atoms with Gasteiger partial charge in [0.2, 0.25) is 0 Å². The number of aryl methyl sites for hydroxylation is 1. The first-order valence-electron chi connectivity index (χ1n) is 6.03. The maximum atomic E-state index is 11.6. The minimum Gasteiger partial charge on any atom is -0.492 e. The second-order valence-electron chi connectivity index (χ2n) is 4.61. The molecular formula is C12H16ClNO5S. The predicted molar refractivity (Wildman–Crippen MR) is 75.8 cm³/mol. The molecule has 0 aliphatic heterocycles. The lowest BCUT2D eigenvalue weighted by atomic mass is 10.1. The smallest absolute Gasteiger partial charge is 0.271 e. The van der Waals surface area contributed by atoms with Crippen molar-refractivity contribution >= 4 is 25.4 Å². The minimum atomic E-state index is -4.12. The fourth-order valence-corrected chi connectivity index (χ4v) is 2.58. The fraction of sp³-hybridized carbons (Fsp3) is 0.500. The number of ether oxygens (including phenoxy) is 1. The second-order valence-corrected chi connectivity index (χ2v) is 7.14. The van der Waals surface area contributed by atoms with Crippen LogP contribution in [-0.2, 0) is 9.05 Å². The lowest BCUT2D eigenvalue weighted by Crippen LogP contribution is -2.10. The Morgan fingerprint density at radius 3 is 2.50 bits per heavy atom. The summed E-state index contributed by atoms with van der Waals surface area (Å²) < 4.78 is 28.6. The highest BCUT2D eigenvalue weighted by molar-refractivity contribution is 8.13. The van der Waals surface area contributed by atoms with Gasteiger partial charge in [0.25, 0.3) is 14.7 Å². The van der Waals surface area contributed by atoms with Gasteiger partial charge in [0.15, 0.2) is 0 Å². The number of hydrogen-bond donors (Lipinski definition) is 0. The van der Waals surface area contributed by atoms with Gasteiger partial charge in [-0.3, -0.25) is 10.1 Å². The topological polar surface area (TPSA) is 86.5 Å². The van der Waals surface area contributed by atoms with Crippen LogP contribution in [0.25, 0.3) is 0 Å². The Balaban J connectivity index is 3.31. The summed E-state index contributed by atoms with van der Waals surface area (Å²) in [6.45, 7) is 5.80. The maximum absolute atomic E-state index is 11.6. The van der Waals surface area contributed by atoms with Gasteiger partial charge in [0.05, 0.1) is 11.5 Å². The number of non-ortho nitro benzene ring substituents is 1. The molecule has 0 aliphatic rings. The van der Waals surface area contributed by atoms with Crippen molar-refractivity contribution in [3.63, 3.8) is 0 Å². The van der Waals surface area contributed by atoms with E-state index in [2.05, 4.69) is 0 Å². The van der Waals surface area contributed by atoms with Crippen molar-refractivity contribution in [2.24, 2.45) is 5.92 Å². The molecule has 0 N–H and O–H groups in total. The molecule has 1 rings (SSSR count).